The van der Waals surface area contributed by atoms with Crippen molar-refractivity contribution in [2.24, 2.45) is 17.8 Å². The van der Waals surface area contributed by atoms with Crippen LogP contribution in [0.3, 0.4) is 0 Å². The molecule has 4 rings (SSSR count). The fraction of sp³-hybridized carbons (Fsp3) is 0.474. The topological polar surface area (TPSA) is 77.7 Å². The number of aromatic nitrogens is 2. The van der Waals surface area contributed by atoms with Crippen molar-refractivity contribution in [3.63, 3.8) is 0 Å². The van der Waals surface area contributed by atoms with Crippen LogP contribution in [0.5, 0.6) is 0 Å². The Kier molecular flexibility index (Phi) is 4.53. The predicted molar refractivity (Wildman–Crippen MR) is 94.8 cm³/mol. The highest BCUT2D eigenvalue weighted by atomic mass is 35.5. The summed E-state index contributed by atoms with van der Waals surface area (Å²) in [6.07, 6.45) is 5.49. The molecule has 2 bridgehead atoms. The fourth-order valence-corrected chi connectivity index (χ4v) is 4.30. The zero-order chi connectivity index (χ0) is 18.3. The highest BCUT2D eigenvalue weighted by Crippen LogP contribution is 2.40. The number of ether oxygens (including phenoxy) is 1. The van der Waals surface area contributed by atoms with Gasteiger partial charge in [0.2, 0.25) is 0 Å². The van der Waals surface area contributed by atoms with Crippen LogP contribution in [0.4, 0.5) is 0 Å². The Labute approximate surface area is 155 Å². The van der Waals surface area contributed by atoms with E-state index in [2.05, 4.69) is 4.98 Å². The summed E-state index contributed by atoms with van der Waals surface area (Å²) in [5.41, 5.74) is 0.574. The summed E-state index contributed by atoms with van der Waals surface area (Å²) < 4.78 is 6.76. The zero-order valence-electron chi connectivity index (χ0n) is 14.2. The van der Waals surface area contributed by atoms with E-state index in [1.807, 2.05) is 0 Å². The molecule has 0 amide bonds. The van der Waals surface area contributed by atoms with Gasteiger partial charge in [0.15, 0.2) is 0 Å². The molecule has 0 aliphatic heterocycles. The van der Waals surface area contributed by atoms with E-state index in [-0.39, 0.29) is 35.9 Å². The molecule has 0 aromatic carbocycles. The summed E-state index contributed by atoms with van der Waals surface area (Å²) in [5.74, 6) is -0.194. The van der Waals surface area contributed by atoms with Gasteiger partial charge in [-0.2, -0.15) is 0 Å². The Morgan fingerprint density at radius 1 is 1.23 bits per heavy atom. The third kappa shape index (κ3) is 3.26. The molecule has 0 saturated heterocycles. The first-order valence-electron chi connectivity index (χ1n) is 8.89. The number of nitrogens with zero attached hydrogens (tertiary/aromatic N) is 2. The molecule has 0 radical (unpaired) electrons. The SMILES string of the molecule is O=C(OCc1cc(=O)n2cc(Cl)ccc2n1)C1CC2CCCC(C1)C2=O. The lowest BCUT2D eigenvalue weighted by Gasteiger charge is -2.36. The third-order valence-electron chi connectivity index (χ3n) is 5.42. The van der Waals surface area contributed by atoms with Gasteiger partial charge in [-0.25, -0.2) is 4.98 Å². The number of ketones is 1. The largest absolute Gasteiger partial charge is 0.459 e. The summed E-state index contributed by atoms with van der Waals surface area (Å²) >= 11 is 5.89. The quantitative estimate of drug-likeness (QED) is 0.772. The maximum absolute atomic E-state index is 12.4. The second-order valence-electron chi connectivity index (χ2n) is 7.16. The number of rotatable bonds is 3. The highest BCUT2D eigenvalue weighted by Gasteiger charge is 2.41. The van der Waals surface area contributed by atoms with Crippen LogP contribution in [0, 0.1) is 17.8 Å². The number of halogens is 1. The molecule has 26 heavy (non-hydrogen) atoms. The number of carbonyl (C=O) groups excluding carboxylic acids is 2. The first kappa shape index (κ1) is 17.2. The molecular weight excluding hydrogens is 356 g/mol. The number of hydrogen-bond acceptors (Lipinski definition) is 5. The molecule has 2 unspecified atom stereocenters. The van der Waals surface area contributed by atoms with E-state index in [4.69, 9.17) is 16.3 Å². The van der Waals surface area contributed by atoms with E-state index >= 15 is 0 Å². The maximum atomic E-state index is 12.4. The Bertz CT molecular complexity index is 923. The highest BCUT2D eigenvalue weighted by molar-refractivity contribution is 6.30. The van der Waals surface area contributed by atoms with Crippen molar-refractivity contribution in [1.82, 2.24) is 9.38 Å². The molecule has 2 aromatic rings. The molecule has 7 heteroatoms. The Morgan fingerprint density at radius 2 is 1.96 bits per heavy atom. The summed E-state index contributed by atoms with van der Waals surface area (Å²) in [5, 5.41) is 0.443. The van der Waals surface area contributed by atoms with Crippen LogP contribution < -0.4 is 5.56 Å². The summed E-state index contributed by atoms with van der Waals surface area (Å²) in [7, 11) is 0. The van der Waals surface area contributed by atoms with Gasteiger partial charge in [-0.15, -0.1) is 0 Å². The van der Waals surface area contributed by atoms with Gasteiger partial charge in [0.25, 0.3) is 5.56 Å². The summed E-state index contributed by atoms with van der Waals surface area (Å²) in [4.78, 5) is 41.1. The molecule has 0 N–H and O–H groups in total. The number of carbonyl (C=O) groups is 2. The van der Waals surface area contributed by atoms with Gasteiger partial charge in [0.05, 0.1) is 16.6 Å². The van der Waals surface area contributed by atoms with Crippen LogP contribution in [0.2, 0.25) is 5.02 Å². The van der Waals surface area contributed by atoms with Crippen LogP contribution in [-0.2, 0) is 20.9 Å². The molecule has 136 valence electrons. The number of fused-ring (bicyclic) bond motifs is 3. The van der Waals surface area contributed by atoms with Crippen molar-refractivity contribution < 1.29 is 14.3 Å². The molecule has 0 spiro atoms. The Morgan fingerprint density at radius 3 is 2.69 bits per heavy atom. The molecule has 2 saturated carbocycles. The van der Waals surface area contributed by atoms with Gasteiger partial charge in [-0.05, 0) is 37.8 Å². The standard InChI is InChI=1S/C19H19ClN2O4/c20-14-4-5-16-21-15(8-17(23)22(16)9-14)10-26-19(25)13-6-11-2-1-3-12(7-13)18(11)24/h4-5,8-9,11-13H,1-3,6-7,10H2. The number of hydrogen-bond donors (Lipinski definition) is 0. The van der Waals surface area contributed by atoms with E-state index < -0.39 is 0 Å². The van der Waals surface area contributed by atoms with Crippen LogP contribution in [-0.4, -0.2) is 21.1 Å². The Hall–Kier alpha value is -2.21. The molecular formula is C19H19ClN2O4. The van der Waals surface area contributed by atoms with Gasteiger partial charge in [0.1, 0.15) is 18.0 Å². The van der Waals surface area contributed by atoms with Crippen molar-refractivity contribution in [3.05, 3.63) is 45.5 Å². The minimum atomic E-state index is -0.299. The van der Waals surface area contributed by atoms with E-state index in [0.717, 1.165) is 19.3 Å². The molecule has 2 atom stereocenters. The smallest absolute Gasteiger partial charge is 0.309 e. The van der Waals surface area contributed by atoms with E-state index in [1.54, 1.807) is 12.1 Å². The number of Topliss-reactive ketones (excluding diaryl/α,β-unsaturated/α-hetero) is 1. The predicted octanol–water partition coefficient (Wildman–Crippen LogP) is 2.79. The second kappa shape index (κ2) is 6.83. The van der Waals surface area contributed by atoms with Crippen LogP contribution >= 0.6 is 11.6 Å². The van der Waals surface area contributed by atoms with E-state index in [1.165, 1.54) is 16.7 Å². The lowest BCUT2D eigenvalue weighted by molar-refractivity contribution is -0.154. The zero-order valence-corrected chi connectivity index (χ0v) is 14.9. The average molecular weight is 375 g/mol. The molecule has 2 heterocycles. The van der Waals surface area contributed by atoms with Crippen LogP contribution in [0.1, 0.15) is 37.8 Å². The van der Waals surface area contributed by atoms with Crippen LogP contribution in [0.25, 0.3) is 5.65 Å². The minimum absolute atomic E-state index is 0.00763. The van der Waals surface area contributed by atoms with Gasteiger partial charge < -0.3 is 4.74 Å². The third-order valence-corrected chi connectivity index (χ3v) is 5.64. The molecule has 2 fully saturated rings. The Balaban J connectivity index is 1.45. The monoisotopic (exact) mass is 374 g/mol. The maximum Gasteiger partial charge on any atom is 0.309 e. The summed E-state index contributed by atoms with van der Waals surface area (Å²) in [6, 6.07) is 4.63. The van der Waals surface area contributed by atoms with Gasteiger partial charge >= 0.3 is 5.97 Å². The summed E-state index contributed by atoms with van der Waals surface area (Å²) in [6.45, 7) is -0.0486. The lowest BCUT2D eigenvalue weighted by Crippen LogP contribution is -2.39. The van der Waals surface area contributed by atoms with Gasteiger partial charge in [-0.1, -0.05) is 18.0 Å². The van der Waals surface area contributed by atoms with Crippen molar-refractivity contribution in [1.29, 1.82) is 0 Å². The number of pyridine rings is 1. The van der Waals surface area contributed by atoms with E-state index in [9.17, 15) is 14.4 Å². The fourth-order valence-electron chi connectivity index (χ4n) is 4.14. The van der Waals surface area contributed by atoms with Gasteiger partial charge in [-0.3, -0.25) is 18.8 Å². The average Bonchev–Trinajstić information content (AvgIpc) is 2.60. The molecule has 6 nitrogen and oxygen atoms in total. The molecule has 2 aromatic heterocycles. The van der Waals surface area contributed by atoms with E-state index in [0.29, 0.717) is 35.0 Å². The normalized spacial score (nSPS) is 25.3. The van der Waals surface area contributed by atoms with Crippen LogP contribution in [0.15, 0.2) is 29.2 Å². The molecule has 2 aliphatic carbocycles. The first-order valence-corrected chi connectivity index (χ1v) is 9.27. The molecule has 2 aliphatic rings. The van der Waals surface area contributed by atoms with Crippen molar-refractivity contribution >= 4 is 29.0 Å². The van der Waals surface area contributed by atoms with Crippen molar-refractivity contribution in [2.45, 2.75) is 38.7 Å². The van der Waals surface area contributed by atoms with Crippen molar-refractivity contribution in [2.75, 3.05) is 0 Å². The van der Waals surface area contributed by atoms with Gasteiger partial charge in [0, 0.05) is 24.1 Å². The second-order valence-corrected chi connectivity index (χ2v) is 7.60. The first-order chi connectivity index (χ1) is 12.5. The number of esters is 1. The van der Waals surface area contributed by atoms with Crippen molar-refractivity contribution in [3.8, 4) is 0 Å². The minimum Gasteiger partial charge on any atom is -0.459 e. The lowest BCUT2D eigenvalue weighted by atomic mass is 9.67.